The van der Waals surface area contributed by atoms with Crippen LogP contribution in [0.1, 0.15) is 33.2 Å². The van der Waals surface area contributed by atoms with Gasteiger partial charge in [0, 0.05) is 11.8 Å². The van der Waals surface area contributed by atoms with E-state index in [1.165, 1.54) is 19.9 Å². The van der Waals surface area contributed by atoms with Crippen LogP contribution in [-0.2, 0) is 9.53 Å². The number of anilines is 1. The van der Waals surface area contributed by atoms with E-state index in [4.69, 9.17) is 14.2 Å². The molecule has 25 heavy (non-hydrogen) atoms. The van der Waals surface area contributed by atoms with Gasteiger partial charge in [-0.2, -0.15) is 0 Å². The minimum Gasteiger partial charge on any atom is -0.454 e. The molecule has 1 N–H and O–H groups in total. The van der Waals surface area contributed by atoms with Crippen molar-refractivity contribution in [3.63, 3.8) is 0 Å². The van der Waals surface area contributed by atoms with Gasteiger partial charge in [0.25, 0.3) is 5.91 Å². The van der Waals surface area contributed by atoms with Crippen LogP contribution in [0.25, 0.3) is 0 Å². The topological polar surface area (TPSA) is 90.9 Å². The van der Waals surface area contributed by atoms with E-state index in [1.54, 1.807) is 24.3 Å². The number of carbonyl (C=O) groups excluding carboxylic acids is 3. The fourth-order valence-electron chi connectivity index (χ4n) is 2.13. The third-order valence-corrected chi connectivity index (χ3v) is 4.61. The molecule has 2 heterocycles. The number of nitrogens with one attached hydrogen (secondary N) is 1. The molecule has 1 aliphatic heterocycles. The molecule has 0 radical (unpaired) electrons. The van der Waals surface area contributed by atoms with E-state index in [1.807, 2.05) is 0 Å². The normalized spacial score (nSPS) is 13.2. The second-order valence-corrected chi connectivity index (χ2v) is 6.41. The van der Waals surface area contributed by atoms with Crippen molar-refractivity contribution >= 4 is 34.7 Å². The molecule has 0 fully saturated rings. The number of thiophene rings is 1. The van der Waals surface area contributed by atoms with E-state index in [0.29, 0.717) is 22.1 Å². The van der Waals surface area contributed by atoms with Gasteiger partial charge in [-0.25, -0.2) is 4.79 Å². The highest BCUT2D eigenvalue weighted by Gasteiger charge is 2.22. The Kier molecular flexibility index (Phi) is 4.71. The maximum absolute atomic E-state index is 12.2. The highest BCUT2D eigenvalue weighted by Crippen LogP contribution is 2.34. The lowest BCUT2D eigenvalue weighted by molar-refractivity contribution is -0.123. The molecule has 0 spiro atoms. The molecule has 7 nitrogen and oxygen atoms in total. The number of hydrogen-bond donors (Lipinski definition) is 1. The molecule has 1 atom stereocenters. The molecule has 0 unspecified atom stereocenters. The molecule has 0 aliphatic carbocycles. The number of ether oxygens (including phenoxy) is 3. The summed E-state index contributed by atoms with van der Waals surface area (Å²) >= 11 is 1.03. The zero-order valence-corrected chi connectivity index (χ0v) is 14.3. The minimum absolute atomic E-state index is 0.127. The Morgan fingerprint density at radius 3 is 2.56 bits per heavy atom. The summed E-state index contributed by atoms with van der Waals surface area (Å²) in [6.07, 6.45) is -0.999. The summed E-state index contributed by atoms with van der Waals surface area (Å²) in [5.74, 6) is -0.103. The lowest BCUT2D eigenvalue weighted by Gasteiger charge is -2.13. The van der Waals surface area contributed by atoms with E-state index in [-0.39, 0.29) is 17.5 Å². The van der Waals surface area contributed by atoms with Gasteiger partial charge in [-0.1, -0.05) is 0 Å². The van der Waals surface area contributed by atoms with Gasteiger partial charge in [0.2, 0.25) is 6.79 Å². The fraction of sp³-hybridized carbons (Fsp3) is 0.235. The van der Waals surface area contributed by atoms with Crippen molar-refractivity contribution in [1.82, 2.24) is 0 Å². The molecule has 130 valence electrons. The van der Waals surface area contributed by atoms with E-state index in [9.17, 15) is 14.4 Å². The molecule has 2 aromatic rings. The number of ketones is 1. The maximum Gasteiger partial charge on any atom is 0.349 e. The largest absolute Gasteiger partial charge is 0.454 e. The number of benzene rings is 1. The molecular weight excluding hydrogens is 346 g/mol. The van der Waals surface area contributed by atoms with Crippen molar-refractivity contribution in [2.75, 3.05) is 12.1 Å². The average molecular weight is 361 g/mol. The fourth-order valence-corrected chi connectivity index (χ4v) is 2.91. The summed E-state index contributed by atoms with van der Waals surface area (Å²) in [7, 11) is 0. The Morgan fingerprint density at radius 1 is 1.12 bits per heavy atom. The smallest absolute Gasteiger partial charge is 0.349 e. The molecular formula is C17H15NO6S. The minimum atomic E-state index is -0.999. The van der Waals surface area contributed by atoms with Crippen LogP contribution in [0.5, 0.6) is 11.5 Å². The molecule has 3 rings (SSSR count). The van der Waals surface area contributed by atoms with E-state index in [0.717, 1.165) is 11.3 Å². The highest BCUT2D eigenvalue weighted by molar-refractivity contribution is 7.15. The predicted molar refractivity (Wildman–Crippen MR) is 90.4 cm³/mol. The molecule has 0 saturated carbocycles. The molecule has 1 aromatic carbocycles. The quantitative estimate of drug-likeness (QED) is 0.650. The summed E-state index contributed by atoms with van der Waals surface area (Å²) in [5.41, 5.74) is 0.507. The first-order valence-corrected chi connectivity index (χ1v) is 8.28. The van der Waals surface area contributed by atoms with Crippen LogP contribution in [0.2, 0.25) is 0 Å². The van der Waals surface area contributed by atoms with Gasteiger partial charge in [0.15, 0.2) is 23.4 Å². The van der Waals surface area contributed by atoms with E-state index in [2.05, 4.69) is 5.32 Å². The Bertz CT molecular complexity index is 843. The SMILES string of the molecule is CC(=O)c1ccc(C(=O)O[C@H](C)C(=O)Nc2ccc3c(c2)OCO3)s1. The van der Waals surface area contributed by atoms with Crippen LogP contribution in [0, 0.1) is 0 Å². The van der Waals surface area contributed by atoms with Crippen molar-refractivity contribution in [2.24, 2.45) is 0 Å². The molecule has 0 saturated heterocycles. The lowest BCUT2D eigenvalue weighted by Crippen LogP contribution is -2.29. The van der Waals surface area contributed by atoms with Gasteiger partial charge in [-0.3, -0.25) is 9.59 Å². The van der Waals surface area contributed by atoms with Crippen LogP contribution >= 0.6 is 11.3 Å². The first kappa shape index (κ1) is 17.0. The van der Waals surface area contributed by atoms with Crippen molar-refractivity contribution in [1.29, 1.82) is 0 Å². The third kappa shape index (κ3) is 3.80. The van der Waals surface area contributed by atoms with Crippen LogP contribution in [0.3, 0.4) is 0 Å². The van der Waals surface area contributed by atoms with Gasteiger partial charge in [-0.05, 0) is 38.1 Å². The molecule has 0 bridgehead atoms. The van der Waals surface area contributed by atoms with Crippen molar-refractivity contribution in [3.05, 3.63) is 40.1 Å². The van der Waals surface area contributed by atoms with Crippen LogP contribution in [0.4, 0.5) is 5.69 Å². The second kappa shape index (κ2) is 6.94. The Morgan fingerprint density at radius 2 is 1.84 bits per heavy atom. The van der Waals surface area contributed by atoms with Gasteiger partial charge in [0.05, 0.1) is 4.88 Å². The molecule has 1 aliphatic rings. The summed E-state index contributed by atoms with van der Waals surface area (Å²) in [6, 6.07) is 8.04. The number of carbonyl (C=O) groups is 3. The number of fused-ring (bicyclic) bond motifs is 1. The van der Waals surface area contributed by atoms with Gasteiger partial charge in [-0.15, -0.1) is 11.3 Å². The van der Waals surface area contributed by atoms with E-state index >= 15 is 0 Å². The predicted octanol–water partition coefficient (Wildman–Crippen LogP) is 2.86. The number of hydrogen-bond acceptors (Lipinski definition) is 7. The standard InChI is InChI=1S/C17H15NO6S/c1-9(19)14-5-6-15(25-14)17(21)24-10(2)16(20)18-11-3-4-12-13(7-11)23-8-22-12/h3-7,10H,8H2,1-2H3,(H,18,20)/t10-/m1/s1. The summed E-state index contributed by atoms with van der Waals surface area (Å²) < 4.78 is 15.6. The Hall–Kier alpha value is -2.87. The van der Waals surface area contributed by atoms with E-state index < -0.39 is 18.0 Å². The zero-order chi connectivity index (χ0) is 18.0. The monoisotopic (exact) mass is 361 g/mol. The van der Waals surface area contributed by atoms with Crippen molar-refractivity contribution in [3.8, 4) is 11.5 Å². The molecule has 1 aromatic heterocycles. The lowest BCUT2D eigenvalue weighted by atomic mass is 10.2. The first-order valence-electron chi connectivity index (χ1n) is 7.46. The van der Waals surface area contributed by atoms with Gasteiger partial charge in [0.1, 0.15) is 4.88 Å². The maximum atomic E-state index is 12.2. The average Bonchev–Trinajstić information content (AvgIpc) is 3.23. The first-order chi connectivity index (χ1) is 11.9. The number of rotatable bonds is 5. The highest BCUT2D eigenvalue weighted by atomic mass is 32.1. The van der Waals surface area contributed by atoms with Crippen molar-refractivity contribution < 1.29 is 28.6 Å². The van der Waals surface area contributed by atoms with Crippen molar-refractivity contribution in [2.45, 2.75) is 20.0 Å². The summed E-state index contributed by atoms with van der Waals surface area (Å²) in [6.45, 7) is 3.03. The molecule has 1 amide bonds. The number of esters is 1. The zero-order valence-electron chi connectivity index (χ0n) is 13.5. The Labute approximate surface area is 147 Å². The van der Waals surface area contributed by atoms with Gasteiger partial charge >= 0.3 is 5.97 Å². The summed E-state index contributed by atoms with van der Waals surface area (Å²) in [5, 5.41) is 2.65. The third-order valence-electron chi connectivity index (χ3n) is 3.45. The summed E-state index contributed by atoms with van der Waals surface area (Å²) in [4.78, 5) is 36.2. The van der Waals surface area contributed by atoms with Gasteiger partial charge < -0.3 is 19.5 Å². The number of amides is 1. The van der Waals surface area contributed by atoms with Crippen LogP contribution < -0.4 is 14.8 Å². The Balaban J connectivity index is 1.60. The van der Waals surface area contributed by atoms with Crippen LogP contribution in [0.15, 0.2) is 30.3 Å². The number of Topliss-reactive ketones (excluding diaryl/α,β-unsaturated/α-hetero) is 1. The molecule has 8 heteroatoms. The second-order valence-electron chi connectivity index (χ2n) is 5.32. The van der Waals surface area contributed by atoms with Crippen LogP contribution in [-0.4, -0.2) is 30.6 Å².